The number of nitro groups is 1. The highest BCUT2D eigenvalue weighted by Crippen LogP contribution is 2.22. The fourth-order valence-electron chi connectivity index (χ4n) is 1.96. The molecule has 1 aromatic heterocycles. The number of carboxylic acid groups (broad SMARTS) is 1. The second kappa shape index (κ2) is 5.95. The molecule has 1 saturated heterocycles. The third-order valence-corrected chi connectivity index (χ3v) is 4.43. The predicted molar refractivity (Wildman–Crippen MR) is 72.4 cm³/mol. The molecule has 1 aromatic rings. The van der Waals surface area contributed by atoms with Crippen LogP contribution in [-0.4, -0.2) is 42.7 Å². The Hall–Kier alpha value is -2.03. The number of anilines is 1. The summed E-state index contributed by atoms with van der Waals surface area (Å²) in [5.74, 6) is -0.0380. The molecule has 20 heavy (non-hydrogen) atoms. The SMILES string of the molecule is O=C(O)c1cc([N+](=O)[O-])cnc1NC1CCS(=O)CC1. The van der Waals surface area contributed by atoms with Crippen molar-refractivity contribution in [3.63, 3.8) is 0 Å². The van der Waals surface area contributed by atoms with Crippen molar-refractivity contribution in [3.8, 4) is 0 Å². The minimum absolute atomic E-state index is 0.0141. The van der Waals surface area contributed by atoms with Gasteiger partial charge in [-0.3, -0.25) is 14.3 Å². The van der Waals surface area contributed by atoms with Crippen LogP contribution in [0.5, 0.6) is 0 Å². The molecule has 0 radical (unpaired) electrons. The van der Waals surface area contributed by atoms with Crippen LogP contribution in [0.15, 0.2) is 12.3 Å². The third kappa shape index (κ3) is 3.29. The highest BCUT2D eigenvalue weighted by molar-refractivity contribution is 7.85. The zero-order valence-electron chi connectivity index (χ0n) is 10.4. The van der Waals surface area contributed by atoms with Gasteiger partial charge in [-0.15, -0.1) is 0 Å². The molecule has 0 atom stereocenters. The molecule has 0 aromatic carbocycles. The van der Waals surface area contributed by atoms with Crippen LogP contribution < -0.4 is 5.32 Å². The Morgan fingerprint density at radius 2 is 2.15 bits per heavy atom. The van der Waals surface area contributed by atoms with Crippen LogP contribution in [0.1, 0.15) is 23.2 Å². The summed E-state index contributed by atoms with van der Waals surface area (Å²) in [4.78, 5) is 24.9. The van der Waals surface area contributed by atoms with Crippen molar-refractivity contribution in [3.05, 3.63) is 27.9 Å². The summed E-state index contributed by atoms with van der Waals surface area (Å²) in [7, 11) is -0.809. The molecule has 1 aliphatic rings. The molecule has 0 unspecified atom stereocenters. The highest BCUT2D eigenvalue weighted by Gasteiger charge is 2.22. The summed E-state index contributed by atoms with van der Waals surface area (Å²) < 4.78 is 11.3. The zero-order valence-corrected chi connectivity index (χ0v) is 11.3. The molecule has 9 heteroatoms. The number of carbonyl (C=O) groups is 1. The van der Waals surface area contributed by atoms with E-state index in [-0.39, 0.29) is 23.1 Å². The molecule has 2 N–H and O–H groups in total. The van der Waals surface area contributed by atoms with Crippen LogP contribution in [0.2, 0.25) is 0 Å². The second-order valence-electron chi connectivity index (χ2n) is 4.42. The van der Waals surface area contributed by atoms with Crippen molar-refractivity contribution in [2.24, 2.45) is 0 Å². The van der Waals surface area contributed by atoms with Gasteiger partial charge in [0.05, 0.1) is 4.92 Å². The quantitative estimate of drug-likeness (QED) is 0.628. The highest BCUT2D eigenvalue weighted by atomic mass is 32.2. The Balaban J connectivity index is 2.20. The topological polar surface area (TPSA) is 122 Å². The number of aromatic nitrogens is 1. The van der Waals surface area contributed by atoms with E-state index in [9.17, 15) is 19.1 Å². The van der Waals surface area contributed by atoms with E-state index < -0.39 is 21.7 Å². The van der Waals surface area contributed by atoms with E-state index in [0.29, 0.717) is 24.3 Å². The summed E-state index contributed by atoms with van der Waals surface area (Å²) in [6, 6.07) is 0.971. The smallest absolute Gasteiger partial charge is 0.339 e. The first-order chi connectivity index (χ1) is 9.47. The molecule has 0 bridgehead atoms. The molecule has 2 heterocycles. The number of carboxylic acids is 1. The second-order valence-corrected chi connectivity index (χ2v) is 6.11. The summed E-state index contributed by atoms with van der Waals surface area (Å²) in [5.41, 5.74) is -0.594. The van der Waals surface area contributed by atoms with Crippen molar-refractivity contribution in [2.75, 3.05) is 16.8 Å². The molecule has 1 fully saturated rings. The molecule has 108 valence electrons. The van der Waals surface area contributed by atoms with Crippen molar-refractivity contribution in [1.29, 1.82) is 0 Å². The van der Waals surface area contributed by atoms with Gasteiger partial charge in [-0.25, -0.2) is 9.78 Å². The van der Waals surface area contributed by atoms with Crippen molar-refractivity contribution in [2.45, 2.75) is 18.9 Å². The summed E-state index contributed by atoms with van der Waals surface area (Å²) in [6.07, 6.45) is 2.34. The number of nitrogens with one attached hydrogen (secondary N) is 1. The molecule has 0 aliphatic carbocycles. The first-order valence-corrected chi connectivity index (χ1v) is 7.45. The number of pyridine rings is 1. The van der Waals surface area contributed by atoms with Gasteiger partial charge in [0.25, 0.3) is 5.69 Å². The lowest BCUT2D eigenvalue weighted by Gasteiger charge is -2.23. The monoisotopic (exact) mass is 299 g/mol. The number of aromatic carboxylic acids is 1. The molecule has 8 nitrogen and oxygen atoms in total. The first-order valence-electron chi connectivity index (χ1n) is 5.96. The Morgan fingerprint density at radius 1 is 1.50 bits per heavy atom. The largest absolute Gasteiger partial charge is 0.478 e. The standard InChI is InChI=1S/C11H13N3O5S/c15-11(16)9-5-8(14(17)18)6-12-10(9)13-7-1-3-20(19)4-2-7/h5-7H,1-4H2,(H,12,13)(H,15,16). The van der Waals surface area contributed by atoms with Crippen LogP contribution >= 0.6 is 0 Å². The van der Waals surface area contributed by atoms with Gasteiger partial charge < -0.3 is 10.4 Å². The fourth-order valence-corrected chi connectivity index (χ4v) is 3.26. The first kappa shape index (κ1) is 14.4. The van der Waals surface area contributed by atoms with Gasteiger partial charge in [0.2, 0.25) is 0 Å². The molecule has 2 rings (SSSR count). The van der Waals surface area contributed by atoms with Crippen LogP contribution in [0.25, 0.3) is 0 Å². The Morgan fingerprint density at radius 3 is 2.70 bits per heavy atom. The summed E-state index contributed by atoms with van der Waals surface area (Å²) in [5, 5.41) is 22.7. The van der Waals surface area contributed by atoms with Crippen molar-refractivity contribution in [1.82, 2.24) is 4.98 Å². The number of rotatable bonds is 4. The van der Waals surface area contributed by atoms with Crippen LogP contribution in [0.3, 0.4) is 0 Å². The maximum absolute atomic E-state index is 11.3. The van der Waals surface area contributed by atoms with E-state index in [0.717, 1.165) is 12.3 Å². The van der Waals surface area contributed by atoms with Gasteiger partial charge in [0, 0.05) is 34.4 Å². The fraction of sp³-hybridized carbons (Fsp3) is 0.455. The molecule has 1 aliphatic heterocycles. The van der Waals surface area contributed by atoms with Crippen LogP contribution in [0.4, 0.5) is 11.5 Å². The van der Waals surface area contributed by atoms with Gasteiger partial charge in [-0.1, -0.05) is 0 Å². The van der Waals surface area contributed by atoms with E-state index in [4.69, 9.17) is 5.11 Å². The average molecular weight is 299 g/mol. The van der Waals surface area contributed by atoms with Crippen LogP contribution in [0, 0.1) is 10.1 Å². The molecule has 0 spiro atoms. The Labute approximate surface area is 116 Å². The van der Waals surface area contributed by atoms with E-state index >= 15 is 0 Å². The van der Waals surface area contributed by atoms with E-state index in [1.54, 1.807) is 0 Å². The van der Waals surface area contributed by atoms with Crippen LogP contribution in [-0.2, 0) is 10.8 Å². The van der Waals surface area contributed by atoms with Crippen molar-refractivity contribution >= 4 is 28.3 Å². The number of hydrogen-bond acceptors (Lipinski definition) is 6. The lowest BCUT2D eigenvalue weighted by molar-refractivity contribution is -0.385. The van der Waals surface area contributed by atoms with E-state index in [1.807, 2.05) is 0 Å². The third-order valence-electron chi connectivity index (χ3n) is 3.04. The minimum atomic E-state index is -1.27. The van der Waals surface area contributed by atoms with Gasteiger partial charge in [0.1, 0.15) is 17.6 Å². The Kier molecular flexibility index (Phi) is 4.28. The molecule has 0 amide bonds. The lowest BCUT2D eigenvalue weighted by atomic mass is 10.1. The van der Waals surface area contributed by atoms with E-state index in [1.165, 1.54) is 0 Å². The van der Waals surface area contributed by atoms with Crippen molar-refractivity contribution < 1.29 is 19.0 Å². The molecular weight excluding hydrogens is 286 g/mol. The lowest BCUT2D eigenvalue weighted by Crippen LogP contribution is -2.30. The zero-order chi connectivity index (χ0) is 14.7. The van der Waals surface area contributed by atoms with Gasteiger partial charge in [-0.05, 0) is 12.8 Å². The summed E-state index contributed by atoms with van der Waals surface area (Å²) in [6.45, 7) is 0. The van der Waals surface area contributed by atoms with Gasteiger partial charge in [0.15, 0.2) is 0 Å². The predicted octanol–water partition coefficient (Wildman–Crippen LogP) is 1.01. The number of nitrogens with zero attached hydrogens (tertiary/aromatic N) is 2. The number of hydrogen-bond donors (Lipinski definition) is 2. The molecule has 0 saturated carbocycles. The summed E-state index contributed by atoms with van der Waals surface area (Å²) >= 11 is 0. The normalized spacial score (nSPS) is 22.2. The molecular formula is C11H13N3O5S. The maximum Gasteiger partial charge on any atom is 0.339 e. The van der Waals surface area contributed by atoms with Gasteiger partial charge >= 0.3 is 5.97 Å². The average Bonchev–Trinajstić information content (AvgIpc) is 2.41. The Bertz CT molecular complexity index is 567. The minimum Gasteiger partial charge on any atom is -0.478 e. The maximum atomic E-state index is 11.3. The van der Waals surface area contributed by atoms with E-state index in [2.05, 4.69) is 10.3 Å². The van der Waals surface area contributed by atoms with Gasteiger partial charge in [-0.2, -0.15) is 0 Å².